The van der Waals surface area contributed by atoms with Gasteiger partial charge in [0.25, 0.3) is 5.91 Å². The van der Waals surface area contributed by atoms with Crippen molar-refractivity contribution in [3.05, 3.63) is 47.9 Å². The minimum absolute atomic E-state index is 0.0231. The Labute approximate surface area is 183 Å². The molecule has 2 heterocycles. The molecule has 3 rings (SSSR count). The van der Waals surface area contributed by atoms with E-state index in [1.54, 1.807) is 29.2 Å². The lowest BCUT2D eigenvalue weighted by atomic mass is 9.91. The lowest BCUT2D eigenvalue weighted by Gasteiger charge is -2.41. The summed E-state index contributed by atoms with van der Waals surface area (Å²) in [6.07, 6.45) is 4.10. The van der Waals surface area contributed by atoms with E-state index in [9.17, 15) is 14.0 Å². The fraction of sp³-hybridized carbons (Fsp3) is 0.458. The second-order valence-electron chi connectivity index (χ2n) is 8.02. The van der Waals surface area contributed by atoms with Crippen LogP contribution in [0.5, 0.6) is 0 Å². The topological polar surface area (TPSA) is 79.5 Å². The Morgan fingerprint density at radius 1 is 1.19 bits per heavy atom. The molecule has 1 unspecified atom stereocenters. The van der Waals surface area contributed by atoms with Gasteiger partial charge in [0.15, 0.2) is 11.6 Å². The van der Waals surface area contributed by atoms with Gasteiger partial charge < -0.3 is 15.5 Å². The largest absolute Gasteiger partial charge is 0.381 e. The number of rotatable bonds is 7. The van der Waals surface area contributed by atoms with Crippen molar-refractivity contribution in [2.75, 3.05) is 25.4 Å². The van der Waals surface area contributed by atoms with E-state index in [1.165, 1.54) is 12.3 Å². The van der Waals surface area contributed by atoms with Crippen molar-refractivity contribution in [1.29, 1.82) is 0 Å². The van der Waals surface area contributed by atoms with Crippen molar-refractivity contribution in [2.24, 2.45) is 5.92 Å². The van der Waals surface area contributed by atoms with Gasteiger partial charge >= 0.3 is 0 Å². The van der Waals surface area contributed by atoms with Gasteiger partial charge in [-0.05, 0) is 43.0 Å². The molecule has 1 aromatic heterocycles. The molecule has 2 N–H and O–H groups in total. The van der Waals surface area contributed by atoms with Crippen molar-refractivity contribution < 1.29 is 14.0 Å². The third kappa shape index (κ3) is 4.86. The number of nitrogens with zero attached hydrogens (tertiary/aromatic N) is 3. The summed E-state index contributed by atoms with van der Waals surface area (Å²) in [6, 6.07) is 7.87. The number of aromatic nitrogens is 1. The number of anilines is 1. The molecule has 31 heavy (non-hydrogen) atoms. The highest BCUT2D eigenvalue weighted by molar-refractivity contribution is 5.99. The Balaban J connectivity index is 1.90. The van der Waals surface area contributed by atoms with E-state index in [0.29, 0.717) is 48.7 Å². The Kier molecular flexibility index (Phi) is 7.25. The molecule has 166 valence electrons. The Hall–Kier alpha value is -2.96. The fourth-order valence-electron chi connectivity index (χ4n) is 4.17. The van der Waals surface area contributed by atoms with E-state index in [2.05, 4.69) is 18.8 Å². The highest BCUT2D eigenvalue weighted by Crippen LogP contribution is 2.27. The van der Waals surface area contributed by atoms with E-state index in [1.807, 2.05) is 11.8 Å². The molecule has 1 aromatic carbocycles. The third-order valence-corrected chi connectivity index (χ3v) is 6.25. The number of carbonyl (C=O) groups is 2. The first-order valence-electron chi connectivity index (χ1n) is 11.0. The fourth-order valence-corrected chi connectivity index (χ4v) is 4.17. The standard InChI is InChI=1S/C24H31FN4O2/c1-4-16(5-2)12-21-24(31)28(6-3)10-11-29(21)23(30)18-9-7-8-17(13-18)19-14-20(25)22(26)27-15-19/h7-9,13-16,21H,4-6,10-12H2,1-3H3,(H2,26,27). The van der Waals surface area contributed by atoms with Crippen LogP contribution in [0.25, 0.3) is 11.1 Å². The predicted molar refractivity (Wildman–Crippen MR) is 120 cm³/mol. The average Bonchev–Trinajstić information content (AvgIpc) is 2.79. The molecule has 1 aliphatic heterocycles. The SMILES string of the molecule is CCC(CC)CC1C(=O)N(CC)CCN1C(=O)c1cccc(-c2cnc(N)c(F)c2)c1. The zero-order chi connectivity index (χ0) is 22.5. The number of nitrogens with two attached hydrogens (primary N) is 1. The highest BCUT2D eigenvalue weighted by Gasteiger charge is 2.38. The molecule has 7 heteroatoms. The number of hydrogen-bond donors (Lipinski definition) is 1. The molecule has 0 radical (unpaired) electrons. The van der Waals surface area contributed by atoms with Crippen LogP contribution in [0.4, 0.5) is 10.2 Å². The summed E-state index contributed by atoms with van der Waals surface area (Å²) in [5, 5.41) is 0. The summed E-state index contributed by atoms with van der Waals surface area (Å²) in [6.45, 7) is 7.89. The van der Waals surface area contributed by atoms with E-state index in [4.69, 9.17) is 5.73 Å². The van der Waals surface area contributed by atoms with Gasteiger partial charge in [0.2, 0.25) is 5.91 Å². The molecular formula is C24H31FN4O2. The summed E-state index contributed by atoms with van der Waals surface area (Å²) in [7, 11) is 0. The van der Waals surface area contributed by atoms with Gasteiger partial charge in [0.1, 0.15) is 6.04 Å². The maximum Gasteiger partial charge on any atom is 0.254 e. The Morgan fingerprint density at radius 2 is 1.94 bits per heavy atom. The van der Waals surface area contributed by atoms with Crippen LogP contribution in [-0.4, -0.2) is 52.3 Å². The second-order valence-corrected chi connectivity index (χ2v) is 8.02. The number of benzene rings is 1. The van der Waals surface area contributed by atoms with E-state index in [0.717, 1.165) is 12.8 Å². The number of piperazine rings is 1. The van der Waals surface area contributed by atoms with Crippen LogP contribution in [0.2, 0.25) is 0 Å². The third-order valence-electron chi connectivity index (χ3n) is 6.25. The predicted octanol–water partition coefficient (Wildman–Crippen LogP) is 3.97. The molecule has 2 aromatic rings. The highest BCUT2D eigenvalue weighted by atomic mass is 19.1. The number of hydrogen-bond acceptors (Lipinski definition) is 4. The minimum Gasteiger partial charge on any atom is -0.381 e. The summed E-state index contributed by atoms with van der Waals surface area (Å²) in [4.78, 5) is 34.0. The van der Waals surface area contributed by atoms with Crippen LogP contribution < -0.4 is 5.73 Å². The van der Waals surface area contributed by atoms with E-state index in [-0.39, 0.29) is 17.6 Å². The van der Waals surface area contributed by atoms with Crippen LogP contribution in [0.15, 0.2) is 36.5 Å². The number of halogens is 1. The molecule has 1 saturated heterocycles. The van der Waals surface area contributed by atoms with Crippen LogP contribution in [0.1, 0.15) is 50.4 Å². The van der Waals surface area contributed by atoms with Crippen molar-refractivity contribution >= 4 is 17.6 Å². The first-order valence-corrected chi connectivity index (χ1v) is 11.0. The molecule has 1 fully saturated rings. The summed E-state index contributed by atoms with van der Waals surface area (Å²) < 4.78 is 13.9. The van der Waals surface area contributed by atoms with Gasteiger partial charge in [-0.15, -0.1) is 0 Å². The second kappa shape index (κ2) is 9.90. The molecule has 0 saturated carbocycles. The molecule has 0 aliphatic carbocycles. The normalized spacial score (nSPS) is 16.8. The summed E-state index contributed by atoms with van der Waals surface area (Å²) >= 11 is 0. The van der Waals surface area contributed by atoms with Crippen molar-refractivity contribution in [3.8, 4) is 11.1 Å². The molecule has 2 amide bonds. The van der Waals surface area contributed by atoms with Crippen molar-refractivity contribution in [2.45, 2.75) is 46.1 Å². The Morgan fingerprint density at radius 3 is 2.58 bits per heavy atom. The number of amides is 2. The Bertz CT molecular complexity index is 945. The molecule has 6 nitrogen and oxygen atoms in total. The smallest absolute Gasteiger partial charge is 0.254 e. The summed E-state index contributed by atoms with van der Waals surface area (Å²) in [5.41, 5.74) is 7.16. The van der Waals surface area contributed by atoms with Gasteiger partial charge in [0.05, 0.1) is 0 Å². The number of nitrogen functional groups attached to an aromatic ring is 1. The number of carbonyl (C=O) groups excluding carboxylic acids is 2. The number of likely N-dealkylation sites (N-methyl/N-ethyl adjacent to an activating group) is 1. The van der Waals surface area contributed by atoms with Crippen LogP contribution in [-0.2, 0) is 4.79 Å². The van der Waals surface area contributed by atoms with E-state index < -0.39 is 11.9 Å². The maximum atomic E-state index is 13.9. The molecular weight excluding hydrogens is 395 g/mol. The van der Waals surface area contributed by atoms with Gasteiger partial charge in [-0.2, -0.15) is 0 Å². The lowest BCUT2D eigenvalue weighted by Crippen LogP contribution is -2.59. The van der Waals surface area contributed by atoms with Crippen LogP contribution >= 0.6 is 0 Å². The monoisotopic (exact) mass is 426 g/mol. The zero-order valence-electron chi connectivity index (χ0n) is 18.5. The zero-order valence-corrected chi connectivity index (χ0v) is 18.5. The molecule has 0 spiro atoms. The van der Waals surface area contributed by atoms with Gasteiger partial charge in [-0.3, -0.25) is 9.59 Å². The van der Waals surface area contributed by atoms with E-state index >= 15 is 0 Å². The lowest BCUT2D eigenvalue weighted by molar-refractivity contribution is -0.140. The van der Waals surface area contributed by atoms with Crippen molar-refractivity contribution in [1.82, 2.24) is 14.8 Å². The first-order chi connectivity index (χ1) is 14.9. The minimum atomic E-state index is -0.597. The average molecular weight is 427 g/mol. The maximum absolute atomic E-state index is 13.9. The van der Waals surface area contributed by atoms with Crippen LogP contribution in [0.3, 0.4) is 0 Å². The quantitative estimate of drug-likeness (QED) is 0.727. The van der Waals surface area contributed by atoms with Gasteiger partial charge in [-0.25, -0.2) is 9.37 Å². The van der Waals surface area contributed by atoms with Crippen LogP contribution in [0, 0.1) is 11.7 Å². The van der Waals surface area contributed by atoms with Gasteiger partial charge in [-0.1, -0.05) is 38.8 Å². The first kappa shape index (κ1) is 22.7. The molecule has 1 aliphatic rings. The number of pyridine rings is 1. The molecule has 0 bridgehead atoms. The van der Waals surface area contributed by atoms with Gasteiger partial charge in [0, 0.05) is 37.0 Å². The van der Waals surface area contributed by atoms with Crippen molar-refractivity contribution in [3.63, 3.8) is 0 Å². The molecule has 1 atom stereocenters. The summed E-state index contributed by atoms with van der Waals surface area (Å²) in [5.74, 6) is -0.523.